The third kappa shape index (κ3) is 5.13. The zero-order chi connectivity index (χ0) is 20.8. The number of benzene rings is 1. The minimum Gasteiger partial charge on any atom is -0.357 e. The Morgan fingerprint density at radius 3 is 2.67 bits per heavy atom. The molecule has 3 fully saturated rings. The van der Waals surface area contributed by atoms with Crippen molar-refractivity contribution in [3.63, 3.8) is 0 Å². The topological polar surface area (TPSA) is 47.9 Å². The number of amides is 1. The fourth-order valence-electron chi connectivity index (χ4n) is 5.05. The summed E-state index contributed by atoms with van der Waals surface area (Å²) in [5.74, 6) is 2.53. The maximum Gasteiger partial charge on any atom is 0.222 e. The molecule has 2 aliphatic heterocycles. The lowest BCUT2D eigenvalue weighted by atomic mass is 9.87. The third-order valence-electron chi connectivity index (χ3n) is 6.70. The Labute approximate surface area is 185 Å². The van der Waals surface area contributed by atoms with Gasteiger partial charge in [-0.1, -0.05) is 43.5 Å². The van der Waals surface area contributed by atoms with Gasteiger partial charge in [-0.3, -0.25) is 4.79 Å². The van der Waals surface area contributed by atoms with Gasteiger partial charge in [-0.15, -0.1) is 0 Å². The van der Waals surface area contributed by atoms with Crippen LogP contribution < -0.4 is 5.32 Å². The van der Waals surface area contributed by atoms with E-state index in [1.54, 1.807) is 0 Å². The van der Waals surface area contributed by atoms with Crippen LogP contribution in [0.15, 0.2) is 29.3 Å². The van der Waals surface area contributed by atoms with Crippen LogP contribution in [0, 0.1) is 0 Å². The summed E-state index contributed by atoms with van der Waals surface area (Å²) in [4.78, 5) is 21.6. The van der Waals surface area contributed by atoms with E-state index in [1.165, 1.54) is 49.0 Å². The maximum absolute atomic E-state index is 12.1. The molecule has 1 aromatic rings. The molecule has 0 unspecified atom stereocenters. The summed E-state index contributed by atoms with van der Waals surface area (Å²) in [5, 5.41) is 3.55. The van der Waals surface area contributed by atoms with Gasteiger partial charge in [0.2, 0.25) is 5.91 Å². The fourth-order valence-corrected chi connectivity index (χ4v) is 6.62. The van der Waals surface area contributed by atoms with E-state index in [4.69, 9.17) is 4.99 Å². The molecule has 1 saturated carbocycles. The Morgan fingerprint density at radius 2 is 1.93 bits per heavy atom. The molecule has 4 rings (SSSR count). The van der Waals surface area contributed by atoms with Crippen LogP contribution in [0.1, 0.15) is 63.0 Å². The number of likely N-dealkylation sites (tertiary alicyclic amines) is 1. The van der Waals surface area contributed by atoms with Gasteiger partial charge in [0, 0.05) is 49.6 Å². The van der Waals surface area contributed by atoms with Crippen LogP contribution in [0.25, 0.3) is 0 Å². The molecule has 1 aliphatic carbocycles. The molecular formula is C24H36N4OS. The fraction of sp³-hybridized carbons (Fsp3) is 0.667. The summed E-state index contributed by atoms with van der Waals surface area (Å²) in [6.07, 6.45) is 8.51. The summed E-state index contributed by atoms with van der Waals surface area (Å²) < 4.78 is 0.431. The minimum atomic E-state index is 0.283. The summed E-state index contributed by atoms with van der Waals surface area (Å²) in [6, 6.07) is 8.47. The Hall–Kier alpha value is -1.69. The number of guanidine groups is 1. The second-order valence-corrected chi connectivity index (χ2v) is 10.4. The highest BCUT2D eigenvalue weighted by molar-refractivity contribution is 8.00. The van der Waals surface area contributed by atoms with Gasteiger partial charge >= 0.3 is 0 Å². The molecule has 0 bridgehead atoms. The van der Waals surface area contributed by atoms with Crippen molar-refractivity contribution in [3.8, 4) is 0 Å². The van der Waals surface area contributed by atoms with E-state index in [0.717, 1.165) is 38.6 Å². The summed E-state index contributed by atoms with van der Waals surface area (Å²) in [6.45, 7) is 7.49. The molecule has 0 radical (unpaired) electrons. The summed E-state index contributed by atoms with van der Waals surface area (Å²) in [5.41, 5.74) is 2.46. The van der Waals surface area contributed by atoms with Gasteiger partial charge in [0.15, 0.2) is 5.96 Å². The Balaban J connectivity index is 1.47. The molecular weight excluding hydrogens is 392 g/mol. The average Bonchev–Trinajstić information content (AvgIpc) is 3.17. The quantitative estimate of drug-likeness (QED) is 0.568. The maximum atomic E-state index is 12.1. The van der Waals surface area contributed by atoms with Crippen molar-refractivity contribution in [3.05, 3.63) is 35.4 Å². The van der Waals surface area contributed by atoms with Crippen molar-refractivity contribution in [2.45, 2.75) is 69.7 Å². The lowest BCUT2D eigenvalue weighted by Crippen LogP contribution is -2.53. The van der Waals surface area contributed by atoms with Crippen molar-refractivity contribution in [2.75, 3.05) is 31.9 Å². The molecule has 3 aliphatic rings. The highest BCUT2D eigenvalue weighted by Crippen LogP contribution is 2.42. The second kappa shape index (κ2) is 10.1. The molecule has 5 nitrogen and oxygen atoms in total. The minimum absolute atomic E-state index is 0.283. The van der Waals surface area contributed by atoms with E-state index in [2.05, 4.69) is 53.2 Å². The second-order valence-electron chi connectivity index (χ2n) is 8.87. The molecule has 1 amide bonds. The first kappa shape index (κ1) is 21.5. The van der Waals surface area contributed by atoms with Crippen molar-refractivity contribution in [1.82, 2.24) is 15.1 Å². The lowest BCUT2D eigenvalue weighted by molar-refractivity contribution is -0.128. The van der Waals surface area contributed by atoms with Gasteiger partial charge in [0.25, 0.3) is 0 Å². The molecule has 1 aromatic carbocycles. The number of thioether (sulfide) groups is 1. The number of hydrogen-bond acceptors (Lipinski definition) is 3. The number of rotatable bonds is 5. The molecule has 30 heavy (non-hydrogen) atoms. The van der Waals surface area contributed by atoms with Crippen molar-refractivity contribution < 1.29 is 4.79 Å². The van der Waals surface area contributed by atoms with Crippen LogP contribution in [0.2, 0.25) is 0 Å². The number of nitrogens with one attached hydrogen (secondary N) is 1. The monoisotopic (exact) mass is 428 g/mol. The first-order valence-corrected chi connectivity index (χ1v) is 12.7. The predicted octanol–water partition coefficient (Wildman–Crippen LogP) is 4.03. The standard InChI is InChI=1S/C24H36N4OS/c1-2-25-23(28-15-16-30-24(19-28)12-6-3-7-13-24)26-17-20-9-4-5-10-21(20)18-27-14-8-11-22(27)29/h4-5,9-10H,2-3,6-8,11-19H2,1H3,(H,25,26). The van der Waals surface area contributed by atoms with Crippen molar-refractivity contribution >= 4 is 23.6 Å². The third-order valence-corrected chi connectivity index (χ3v) is 8.23. The van der Waals surface area contributed by atoms with Crippen LogP contribution in [0.4, 0.5) is 0 Å². The van der Waals surface area contributed by atoms with Gasteiger partial charge in [0.1, 0.15) is 0 Å². The largest absolute Gasteiger partial charge is 0.357 e. The van der Waals surface area contributed by atoms with Crippen LogP contribution in [0.3, 0.4) is 0 Å². The molecule has 2 heterocycles. The van der Waals surface area contributed by atoms with Crippen LogP contribution in [-0.2, 0) is 17.9 Å². The summed E-state index contributed by atoms with van der Waals surface area (Å²) >= 11 is 2.20. The van der Waals surface area contributed by atoms with Crippen LogP contribution in [-0.4, -0.2) is 58.3 Å². The van der Waals surface area contributed by atoms with Gasteiger partial charge < -0.3 is 15.1 Å². The van der Waals surface area contributed by atoms with E-state index < -0.39 is 0 Å². The van der Waals surface area contributed by atoms with Crippen LogP contribution in [0.5, 0.6) is 0 Å². The summed E-state index contributed by atoms with van der Waals surface area (Å²) in [7, 11) is 0. The Kier molecular flexibility index (Phi) is 7.24. The first-order valence-electron chi connectivity index (χ1n) is 11.7. The molecule has 0 aromatic heterocycles. The number of hydrogen-bond donors (Lipinski definition) is 1. The highest BCUT2D eigenvalue weighted by atomic mass is 32.2. The molecule has 0 atom stereocenters. The van der Waals surface area contributed by atoms with E-state index in [0.29, 0.717) is 24.3 Å². The first-order chi connectivity index (χ1) is 14.7. The highest BCUT2D eigenvalue weighted by Gasteiger charge is 2.38. The normalized spacial score (nSPS) is 22.0. The average molecular weight is 429 g/mol. The molecule has 1 spiro atoms. The number of aliphatic imine (C=N–C) groups is 1. The predicted molar refractivity (Wildman–Crippen MR) is 126 cm³/mol. The lowest BCUT2D eigenvalue weighted by Gasteiger charge is -2.45. The van der Waals surface area contributed by atoms with Gasteiger partial charge in [-0.2, -0.15) is 11.8 Å². The molecule has 6 heteroatoms. The van der Waals surface area contributed by atoms with Crippen molar-refractivity contribution in [1.29, 1.82) is 0 Å². The Bertz CT molecular complexity index is 754. The molecule has 2 saturated heterocycles. The number of carbonyl (C=O) groups excluding carboxylic acids is 1. The number of nitrogens with zero attached hydrogens (tertiary/aromatic N) is 3. The van der Waals surface area contributed by atoms with E-state index >= 15 is 0 Å². The van der Waals surface area contributed by atoms with Crippen LogP contribution >= 0.6 is 11.8 Å². The SMILES string of the molecule is CCNC(=NCc1ccccc1CN1CCCC1=O)N1CCSC2(CCCCC2)C1. The zero-order valence-corrected chi connectivity index (χ0v) is 19.2. The van der Waals surface area contributed by atoms with Gasteiger partial charge in [0.05, 0.1) is 6.54 Å². The van der Waals surface area contributed by atoms with E-state index in [1.807, 2.05) is 4.90 Å². The molecule has 164 valence electrons. The number of carbonyl (C=O) groups is 1. The Morgan fingerprint density at radius 1 is 1.13 bits per heavy atom. The van der Waals surface area contributed by atoms with Gasteiger partial charge in [-0.25, -0.2) is 4.99 Å². The zero-order valence-electron chi connectivity index (χ0n) is 18.4. The van der Waals surface area contributed by atoms with E-state index in [9.17, 15) is 4.79 Å². The molecule has 1 N–H and O–H groups in total. The van der Waals surface area contributed by atoms with Crippen molar-refractivity contribution in [2.24, 2.45) is 4.99 Å². The van der Waals surface area contributed by atoms with E-state index in [-0.39, 0.29) is 5.91 Å². The smallest absolute Gasteiger partial charge is 0.222 e. The van der Waals surface area contributed by atoms with Gasteiger partial charge in [-0.05, 0) is 37.3 Å².